The van der Waals surface area contributed by atoms with E-state index >= 15 is 0 Å². The molecule has 158 valence electrons. The lowest BCUT2D eigenvalue weighted by molar-refractivity contribution is -0.0797. The first-order chi connectivity index (χ1) is 15.2. The van der Waals surface area contributed by atoms with Crippen molar-refractivity contribution < 1.29 is 24.1 Å². The van der Waals surface area contributed by atoms with Crippen LogP contribution in [-0.4, -0.2) is 35.8 Å². The fourth-order valence-corrected chi connectivity index (χ4v) is 4.01. The zero-order valence-electron chi connectivity index (χ0n) is 16.9. The van der Waals surface area contributed by atoms with Crippen LogP contribution in [-0.2, 0) is 11.3 Å². The minimum atomic E-state index is -0.297. The van der Waals surface area contributed by atoms with Crippen molar-refractivity contribution in [2.45, 2.75) is 18.8 Å². The highest BCUT2D eigenvalue weighted by molar-refractivity contribution is 5.94. The molecule has 31 heavy (non-hydrogen) atoms. The lowest BCUT2D eigenvalue weighted by Crippen LogP contribution is -2.43. The molecule has 0 saturated carbocycles. The summed E-state index contributed by atoms with van der Waals surface area (Å²) in [5.74, 6) is 1.36. The largest absolute Gasteiger partial charge is 0.454 e. The molecule has 3 aromatic carbocycles. The Morgan fingerprint density at radius 1 is 0.871 bits per heavy atom. The van der Waals surface area contributed by atoms with Gasteiger partial charge in [-0.15, -0.1) is 0 Å². The van der Waals surface area contributed by atoms with Gasteiger partial charge in [0.1, 0.15) is 12.2 Å². The first-order valence-electron chi connectivity index (χ1n) is 10.3. The lowest BCUT2D eigenvalue weighted by Gasteiger charge is -2.38. The second-order valence-corrected chi connectivity index (χ2v) is 7.70. The molecular weight excluding hydrogens is 394 g/mol. The van der Waals surface area contributed by atoms with Crippen LogP contribution in [0.4, 0.5) is 0 Å². The molecule has 2 heterocycles. The molecule has 0 aliphatic carbocycles. The van der Waals surface area contributed by atoms with Crippen molar-refractivity contribution in [2.75, 3.05) is 19.9 Å². The number of rotatable bonds is 4. The number of aliphatic hydroxyl groups is 1. The van der Waals surface area contributed by atoms with Gasteiger partial charge in [0.25, 0.3) is 5.91 Å². The van der Waals surface area contributed by atoms with E-state index in [0.717, 1.165) is 22.4 Å². The molecule has 2 aliphatic rings. The van der Waals surface area contributed by atoms with Gasteiger partial charge in [0.05, 0.1) is 19.7 Å². The van der Waals surface area contributed by atoms with Crippen LogP contribution in [0.5, 0.6) is 11.5 Å². The Kier molecular flexibility index (Phi) is 5.32. The number of nitrogens with zero attached hydrogens (tertiary/aromatic N) is 1. The number of fused-ring (bicyclic) bond motifs is 1. The molecule has 1 fully saturated rings. The highest BCUT2D eigenvalue weighted by Crippen LogP contribution is 2.38. The number of benzene rings is 3. The predicted octanol–water partition coefficient (Wildman–Crippen LogP) is 3.86. The van der Waals surface area contributed by atoms with E-state index in [1.54, 1.807) is 24.3 Å². The third-order valence-corrected chi connectivity index (χ3v) is 5.71. The summed E-state index contributed by atoms with van der Waals surface area (Å²) >= 11 is 0. The average Bonchev–Trinajstić information content (AvgIpc) is 3.32. The smallest absolute Gasteiger partial charge is 0.254 e. The molecule has 0 aromatic heterocycles. The molecule has 6 nitrogen and oxygen atoms in total. The summed E-state index contributed by atoms with van der Waals surface area (Å²) in [6, 6.07) is 22.8. The van der Waals surface area contributed by atoms with Gasteiger partial charge < -0.3 is 24.2 Å². The molecule has 2 atom stereocenters. The Morgan fingerprint density at radius 3 is 2.32 bits per heavy atom. The molecule has 1 saturated heterocycles. The van der Waals surface area contributed by atoms with E-state index < -0.39 is 0 Å². The number of hydrogen-bond donors (Lipinski definition) is 1. The number of morpholine rings is 1. The Hall–Kier alpha value is -3.35. The van der Waals surface area contributed by atoms with Crippen LogP contribution in [0, 0.1) is 0 Å². The molecule has 0 unspecified atom stereocenters. The maximum atomic E-state index is 13.3. The lowest BCUT2D eigenvalue weighted by atomic mass is 10.0. The number of carbonyl (C=O) groups is 1. The van der Waals surface area contributed by atoms with E-state index in [9.17, 15) is 9.90 Å². The first kappa shape index (κ1) is 19.6. The van der Waals surface area contributed by atoms with Crippen molar-refractivity contribution in [3.63, 3.8) is 0 Å². The third kappa shape index (κ3) is 4.00. The summed E-state index contributed by atoms with van der Waals surface area (Å²) < 4.78 is 17.4. The third-order valence-electron chi connectivity index (χ3n) is 5.71. The van der Waals surface area contributed by atoms with Crippen molar-refractivity contribution in [2.24, 2.45) is 0 Å². The van der Waals surface area contributed by atoms with Gasteiger partial charge in [-0.2, -0.15) is 0 Å². The minimum Gasteiger partial charge on any atom is -0.454 e. The van der Waals surface area contributed by atoms with Crippen LogP contribution in [0.1, 0.15) is 39.3 Å². The van der Waals surface area contributed by atoms with Crippen molar-refractivity contribution in [3.8, 4) is 11.5 Å². The molecule has 2 aliphatic heterocycles. The molecular formula is C25H23NO5. The van der Waals surface area contributed by atoms with Crippen LogP contribution in [0.2, 0.25) is 0 Å². The van der Waals surface area contributed by atoms with E-state index in [0.29, 0.717) is 24.4 Å². The Balaban J connectivity index is 1.45. The number of carbonyl (C=O) groups excluding carboxylic acids is 1. The first-order valence-corrected chi connectivity index (χ1v) is 10.3. The van der Waals surface area contributed by atoms with E-state index in [1.807, 2.05) is 53.4 Å². The summed E-state index contributed by atoms with van der Waals surface area (Å²) in [4.78, 5) is 15.1. The van der Waals surface area contributed by atoms with E-state index in [4.69, 9.17) is 14.2 Å². The monoisotopic (exact) mass is 417 g/mol. The second kappa shape index (κ2) is 8.41. The van der Waals surface area contributed by atoms with Gasteiger partial charge in [0, 0.05) is 5.56 Å². The summed E-state index contributed by atoms with van der Waals surface area (Å²) in [6.07, 6.45) is -0.542. The van der Waals surface area contributed by atoms with Crippen LogP contribution in [0.15, 0.2) is 72.8 Å². The maximum Gasteiger partial charge on any atom is 0.254 e. The highest BCUT2D eigenvalue weighted by Gasteiger charge is 2.33. The van der Waals surface area contributed by atoms with Gasteiger partial charge in [0.15, 0.2) is 11.5 Å². The van der Waals surface area contributed by atoms with Gasteiger partial charge in [-0.1, -0.05) is 48.5 Å². The molecule has 0 radical (unpaired) electrons. The van der Waals surface area contributed by atoms with Gasteiger partial charge >= 0.3 is 0 Å². The Morgan fingerprint density at radius 2 is 1.58 bits per heavy atom. The van der Waals surface area contributed by atoms with Gasteiger partial charge in [-0.3, -0.25) is 4.79 Å². The zero-order valence-corrected chi connectivity index (χ0v) is 16.9. The quantitative estimate of drug-likeness (QED) is 0.698. The van der Waals surface area contributed by atoms with Crippen LogP contribution < -0.4 is 9.47 Å². The van der Waals surface area contributed by atoms with Crippen molar-refractivity contribution in [3.05, 3.63) is 95.1 Å². The molecule has 1 amide bonds. The Bertz CT molecular complexity index is 1070. The van der Waals surface area contributed by atoms with E-state index in [1.165, 1.54) is 0 Å². The Labute approximate surface area is 180 Å². The fourth-order valence-electron chi connectivity index (χ4n) is 4.01. The minimum absolute atomic E-state index is 0.0473. The molecule has 1 N–H and O–H groups in total. The number of amides is 1. The molecule has 0 bridgehead atoms. The second-order valence-electron chi connectivity index (χ2n) is 7.70. The molecule has 3 aromatic rings. The van der Waals surface area contributed by atoms with Gasteiger partial charge in [0.2, 0.25) is 6.79 Å². The zero-order chi connectivity index (χ0) is 21.2. The standard InChI is InChI=1S/C25H23NO5/c27-15-17-6-8-19(9-7-17)25(28)26-13-23(18-4-2-1-3-5-18)31-24(14-26)20-10-11-21-22(12-20)30-16-29-21/h1-12,23-24,27H,13-16H2/t23-,24+/m0/s1. The molecule has 0 spiro atoms. The number of ether oxygens (including phenoxy) is 3. The number of hydrogen-bond acceptors (Lipinski definition) is 5. The van der Waals surface area contributed by atoms with Crippen molar-refractivity contribution >= 4 is 5.91 Å². The average molecular weight is 417 g/mol. The van der Waals surface area contributed by atoms with Crippen LogP contribution in [0.3, 0.4) is 0 Å². The maximum absolute atomic E-state index is 13.3. The van der Waals surface area contributed by atoms with E-state index in [2.05, 4.69) is 0 Å². The topological polar surface area (TPSA) is 68.2 Å². The normalized spacial score (nSPS) is 20.0. The molecule has 5 rings (SSSR count). The fraction of sp³-hybridized carbons (Fsp3) is 0.240. The summed E-state index contributed by atoms with van der Waals surface area (Å²) in [5.41, 5.74) is 3.34. The summed E-state index contributed by atoms with van der Waals surface area (Å²) in [7, 11) is 0. The summed E-state index contributed by atoms with van der Waals surface area (Å²) in [5, 5.41) is 9.27. The summed E-state index contributed by atoms with van der Waals surface area (Å²) in [6.45, 7) is 1.06. The van der Waals surface area contributed by atoms with Crippen LogP contribution >= 0.6 is 0 Å². The SMILES string of the molecule is O=C(c1ccc(CO)cc1)N1C[C@@H](c2ccccc2)O[C@@H](c2ccc3c(c2)OCO3)C1. The van der Waals surface area contributed by atoms with Gasteiger partial charge in [-0.05, 0) is 41.0 Å². The predicted molar refractivity (Wildman–Crippen MR) is 114 cm³/mol. The van der Waals surface area contributed by atoms with Crippen LogP contribution in [0.25, 0.3) is 0 Å². The van der Waals surface area contributed by atoms with Crippen molar-refractivity contribution in [1.29, 1.82) is 0 Å². The van der Waals surface area contributed by atoms with Gasteiger partial charge in [-0.25, -0.2) is 0 Å². The van der Waals surface area contributed by atoms with Crippen molar-refractivity contribution in [1.82, 2.24) is 4.90 Å². The molecule has 6 heteroatoms. The highest BCUT2D eigenvalue weighted by atomic mass is 16.7. The number of aliphatic hydroxyl groups excluding tert-OH is 1. The van der Waals surface area contributed by atoms with E-state index in [-0.39, 0.29) is 31.5 Å².